The molecule has 0 radical (unpaired) electrons. The summed E-state index contributed by atoms with van der Waals surface area (Å²) in [5.41, 5.74) is 0.0407. The third-order valence-electron chi connectivity index (χ3n) is 4.21. The van der Waals surface area contributed by atoms with Gasteiger partial charge in [0.15, 0.2) is 0 Å². The quantitative estimate of drug-likeness (QED) is 0.780. The van der Waals surface area contributed by atoms with Crippen LogP contribution in [0.3, 0.4) is 0 Å². The third-order valence-corrected chi connectivity index (χ3v) is 4.21. The smallest absolute Gasteiger partial charge is 0.223 e. The molecule has 1 N–H and O–H groups in total. The van der Waals surface area contributed by atoms with Crippen molar-refractivity contribution in [2.24, 2.45) is 17.8 Å². The fraction of sp³-hybridized carbons (Fsp3) is 0.923. The van der Waals surface area contributed by atoms with Gasteiger partial charge in [0.2, 0.25) is 5.91 Å². The van der Waals surface area contributed by atoms with Crippen LogP contribution < -0.4 is 5.32 Å². The van der Waals surface area contributed by atoms with Gasteiger partial charge in [-0.1, -0.05) is 20.8 Å². The minimum atomic E-state index is 0.0407. The summed E-state index contributed by atoms with van der Waals surface area (Å²) < 4.78 is 5.43. The van der Waals surface area contributed by atoms with Crippen LogP contribution in [0, 0.1) is 17.8 Å². The van der Waals surface area contributed by atoms with Crippen molar-refractivity contribution in [3.63, 3.8) is 0 Å². The number of nitrogens with one attached hydrogen (secondary N) is 1. The van der Waals surface area contributed by atoms with E-state index in [4.69, 9.17) is 4.74 Å². The van der Waals surface area contributed by atoms with Crippen LogP contribution in [0.1, 0.15) is 40.0 Å². The summed E-state index contributed by atoms with van der Waals surface area (Å²) in [6, 6.07) is 0. The monoisotopic (exact) mass is 225 g/mol. The van der Waals surface area contributed by atoms with Gasteiger partial charge >= 0.3 is 0 Å². The van der Waals surface area contributed by atoms with Crippen LogP contribution in [0.5, 0.6) is 0 Å². The molecule has 2 heterocycles. The van der Waals surface area contributed by atoms with E-state index >= 15 is 0 Å². The Kier molecular flexibility index (Phi) is 3.24. The SMILES string of the molecule is CC(C)CC1C(C)C(=O)NC12CCOCC2. The molecular weight excluding hydrogens is 202 g/mol. The number of amides is 1. The Hall–Kier alpha value is -0.570. The molecule has 0 aromatic heterocycles. The Balaban J connectivity index is 2.18. The lowest BCUT2D eigenvalue weighted by molar-refractivity contribution is -0.123. The van der Waals surface area contributed by atoms with Gasteiger partial charge in [0, 0.05) is 24.7 Å². The Morgan fingerprint density at radius 3 is 2.62 bits per heavy atom. The molecule has 2 aliphatic rings. The van der Waals surface area contributed by atoms with Crippen LogP contribution in [-0.2, 0) is 9.53 Å². The van der Waals surface area contributed by atoms with Crippen molar-refractivity contribution in [1.29, 1.82) is 0 Å². The molecule has 16 heavy (non-hydrogen) atoms. The van der Waals surface area contributed by atoms with Crippen LogP contribution in [0.15, 0.2) is 0 Å². The summed E-state index contributed by atoms with van der Waals surface area (Å²) in [7, 11) is 0. The second kappa shape index (κ2) is 4.36. The van der Waals surface area contributed by atoms with Crippen molar-refractivity contribution in [1.82, 2.24) is 5.32 Å². The summed E-state index contributed by atoms with van der Waals surface area (Å²) in [4.78, 5) is 11.9. The van der Waals surface area contributed by atoms with Gasteiger partial charge in [-0.3, -0.25) is 4.79 Å². The molecule has 2 aliphatic heterocycles. The summed E-state index contributed by atoms with van der Waals surface area (Å²) in [5, 5.41) is 3.26. The lowest BCUT2D eigenvalue weighted by Gasteiger charge is -2.39. The van der Waals surface area contributed by atoms with Gasteiger partial charge in [0.1, 0.15) is 0 Å². The molecular formula is C13H23NO2. The molecule has 2 fully saturated rings. The summed E-state index contributed by atoms with van der Waals surface area (Å²) >= 11 is 0. The van der Waals surface area contributed by atoms with Gasteiger partial charge in [-0.15, -0.1) is 0 Å². The zero-order chi connectivity index (χ0) is 11.8. The lowest BCUT2D eigenvalue weighted by atomic mass is 9.72. The first-order valence-corrected chi connectivity index (χ1v) is 6.45. The van der Waals surface area contributed by atoms with Gasteiger partial charge < -0.3 is 10.1 Å². The van der Waals surface area contributed by atoms with Crippen LogP contribution in [0.2, 0.25) is 0 Å². The predicted octanol–water partition coefficient (Wildman–Crippen LogP) is 1.96. The van der Waals surface area contributed by atoms with E-state index in [-0.39, 0.29) is 17.4 Å². The van der Waals surface area contributed by atoms with Crippen molar-refractivity contribution >= 4 is 5.91 Å². The Labute approximate surface area is 97.9 Å². The fourth-order valence-electron chi connectivity index (χ4n) is 3.28. The molecule has 0 aromatic carbocycles. The molecule has 0 saturated carbocycles. The standard InChI is InChI=1S/C13H23NO2/c1-9(2)8-11-10(3)12(15)14-13(11)4-6-16-7-5-13/h9-11H,4-8H2,1-3H3,(H,14,15). The van der Waals surface area contributed by atoms with E-state index in [0.717, 1.165) is 32.5 Å². The second-order valence-corrected chi connectivity index (χ2v) is 5.78. The predicted molar refractivity (Wildman–Crippen MR) is 63.0 cm³/mol. The third kappa shape index (κ3) is 1.97. The molecule has 0 bridgehead atoms. The highest BCUT2D eigenvalue weighted by atomic mass is 16.5. The number of ether oxygens (including phenoxy) is 1. The van der Waals surface area contributed by atoms with Crippen molar-refractivity contribution in [3.05, 3.63) is 0 Å². The first kappa shape index (κ1) is 11.9. The maximum Gasteiger partial charge on any atom is 0.223 e. The summed E-state index contributed by atoms with van der Waals surface area (Å²) in [6.45, 7) is 8.14. The van der Waals surface area contributed by atoms with Gasteiger partial charge in [0.05, 0.1) is 0 Å². The highest BCUT2D eigenvalue weighted by Gasteiger charge is 2.51. The summed E-state index contributed by atoms with van der Waals surface area (Å²) in [5.74, 6) is 1.55. The van der Waals surface area contributed by atoms with Crippen molar-refractivity contribution in [3.8, 4) is 0 Å². The lowest BCUT2D eigenvalue weighted by Crippen LogP contribution is -2.50. The Morgan fingerprint density at radius 1 is 1.44 bits per heavy atom. The molecule has 2 saturated heterocycles. The van der Waals surface area contributed by atoms with E-state index < -0.39 is 0 Å². The molecule has 3 nitrogen and oxygen atoms in total. The average molecular weight is 225 g/mol. The minimum Gasteiger partial charge on any atom is -0.381 e. The largest absolute Gasteiger partial charge is 0.381 e. The molecule has 2 atom stereocenters. The van der Waals surface area contributed by atoms with Gasteiger partial charge in [-0.2, -0.15) is 0 Å². The molecule has 92 valence electrons. The van der Waals surface area contributed by atoms with Crippen molar-refractivity contribution in [2.75, 3.05) is 13.2 Å². The van der Waals surface area contributed by atoms with E-state index in [9.17, 15) is 4.79 Å². The first-order valence-electron chi connectivity index (χ1n) is 6.45. The van der Waals surface area contributed by atoms with Crippen molar-refractivity contribution in [2.45, 2.75) is 45.6 Å². The topological polar surface area (TPSA) is 38.3 Å². The molecule has 0 aromatic rings. The number of rotatable bonds is 2. The molecule has 1 amide bonds. The summed E-state index contributed by atoms with van der Waals surface area (Å²) in [6.07, 6.45) is 3.11. The molecule has 2 rings (SSSR count). The van der Waals surface area contributed by atoms with Crippen LogP contribution in [-0.4, -0.2) is 24.7 Å². The molecule has 3 heteroatoms. The van der Waals surface area contributed by atoms with Crippen LogP contribution >= 0.6 is 0 Å². The number of carbonyl (C=O) groups is 1. The highest BCUT2D eigenvalue weighted by Crippen LogP contribution is 2.42. The van der Waals surface area contributed by atoms with E-state index in [1.165, 1.54) is 0 Å². The van der Waals surface area contributed by atoms with Crippen molar-refractivity contribution < 1.29 is 9.53 Å². The van der Waals surface area contributed by atoms with Gasteiger partial charge in [-0.05, 0) is 31.1 Å². The number of hydrogen-bond donors (Lipinski definition) is 1. The second-order valence-electron chi connectivity index (χ2n) is 5.78. The molecule has 1 spiro atoms. The van der Waals surface area contributed by atoms with E-state index in [1.807, 2.05) is 0 Å². The fourth-order valence-corrected chi connectivity index (χ4v) is 3.28. The van der Waals surface area contributed by atoms with E-state index in [0.29, 0.717) is 11.8 Å². The normalized spacial score (nSPS) is 33.4. The van der Waals surface area contributed by atoms with E-state index in [1.54, 1.807) is 0 Å². The average Bonchev–Trinajstić information content (AvgIpc) is 2.44. The zero-order valence-electron chi connectivity index (χ0n) is 10.6. The maximum atomic E-state index is 11.9. The molecule has 2 unspecified atom stereocenters. The Bertz CT molecular complexity index is 269. The Morgan fingerprint density at radius 2 is 2.06 bits per heavy atom. The van der Waals surface area contributed by atoms with Gasteiger partial charge in [0.25, 0.3) is 0 Å². The van der Waals surface area contributed by atoms with Crippen LogP contribution in [0.4, 0.5) is 0 Å². The van der Waals surface area contributed by atoms with Gasteiger partial charge in [-0.25, -0.2) is 0 Å². The minimum absolute atomic E-state index is 0.0407. The van der Waals surface area contributed by atoms with Crippen LogP contribution in [0.25, 0.3) is 0 Å². The molecule has 0 aliphatic carbocycles. The van der Waals surface area contributed by atoms with E-state index in [2.05, 4.69) is 26.1 Å². The first-order chi connectivity index (χ1) is 7.55. The number of hydrogen-bond acceptors (Lipinski definition) is 2. The highest BCUT2D eigenvalue weighted by molar-refractivity contribution is 5.82. The zero-order valence-corrected chi connectivity index (χ0v) is 10.6. The maximum absolute atomic E-state index is 11.9. The number of carbonyl (C=O) groups excluding carboxylic acids is 1.